The molecule has 1 unspecified atom stereocenters. The molecule has 0 N–H and O–H groups in total. The van der Waals surface area contributed by atoms with Crippen molar-refractivity contribution in [2.24, 2.45) is 0 Å². The zero-order valence-electron chi connectivity index (χ0n) is 8.74. The summed E-state index contributed by atoms with van der Waals surface area (Å²) in [4.78, 5) is 13.2. The normalized spacial score (nSPS) is 21.9. The van der Waals surface area contributed by atoms with Crippen LogP contribution in [0.25, 0.3) is 0 Å². The van der Waals surface area contributed by atoms with Crippen molar-refractivity contribution in [1.82, 2.24) is 4.90 Å². The van der Waals surface area contributed by atoms with Crippen LogP contribution in [0.1, 0.15) is 24.3 Å². The standard InChI is InChI=1S/C12H14FNO/c1-14-7-6-10(8-12(14)15)9-2-4-11(13)5-3-9/h2-5,10H,6-8H2,1H3. The van der Waals surface area contributed by atoms with E-state index in [2.05, 4.69) is 0 Å². The summed E-state index contributed by atoms with van der Waals surface area (Å²) in [6.45, 7) is 0.793. The van der Waals surface area contributed by atoms with Gasteiger partial charge in [0.2, 0.25) is 5.91 Å². The van der Waals surface area contributed by atoms with Crippen molar-refractivity contribution >= 4 is 5.91 Å². The van der Waals surface area contributed by atoms with Crippen LogP contribution in [0.4, 0.5) is 4.39 Å². The molecule has 15 heavy (non-hydrogen) atoms. The first-order valence-electron chi connectivity index (χ1n) is 5.16. The molecule has 1 aliphatic rings. The molecule has 2 nitrogen and oxygen atoms in total. The highest BCUT2D eigenvalue weighted by atomic mass is 19.1. The highest BCUT2D eigenvalue weighted by molar-refractivity contribution is 5.77. The Morgan fingerprint density at radius 2 is 2.00 bits per heavy atom. The number of halogens is 1. The van der Waals surface area contributed by atoms with Crippen LogP contribution in [0.5, 0.6) is 0 Å². The van der Waals surface area contributed by atoms with Gasteiger partial charge in [-0.2, -0.15) is 0 Å². The Labute approximate surface area is 88.7 Å². The van der Waals surface area contributed by atoms with E-state index in [1.165, 1.54) is 12.1 Å². The lowest BCUT2D eigenvalue weighted by Crippen LogP contribution is -2.34. The highest BCUT2D eigenvalue weighted by Crippen LogP contribution is 2.27. The molecule has 3 heteroatoms. The van der Waals surface area contributed by atoms with Gasteiger partial charge in [0.05, 0.1) is 0 Å². The van der Waals surface area contributed by atoms with E-state index in [4.69, 9.17) is 0 Å². The van der Waals surface area contributed by atoms with Crippen LogP contribution >= 0.6 is 0 Å². The number of carbonyl (C=O) groups is 1. The second kappa shape index (κ2) is 4.01. The Morgan fingerprint density at radius 1 is 1.33 bits per heavy atom. The zero-order valence-corrected chi connectivity index (χ0v) is 8.74. The van der Waals surface area contributed by atoms with E-state index < -0.39 is 0 Å². The molecule has 0 saturated carbocycles. The van der Waals surface area contributed by atoms with Crippen LogP contribution in [0.3, 0.4) is 0 Å². The predicted octanol–water partition coefficient (Wildman–Crippen LogP) is 2.16. The third-order valence-corrected chi connectivity index (χ3v) is 3.00. The van der Waals surface area contributed by atoms with Gasteiger partial charge in [-0.05, 0) is 30.0 Å². The molecule has 1 aliphatic heterocycles. The van der Waals surface area contributed by atoms with E-state index >= 15 is 0 Å². The number of carbonyl (C=O) groups excluding carboxylic acids is 1. The van der Waals surface area contributed by atoms with E-state index in [0.717, 1.165) is 18.5 Å². The lowest BCUT2D eigenvalue weighted by atomic mass is 9.89. The maximum absolute atomic E-state index is 12.7. The van der Waals surface area contributed by atoms with E-state index in [1.54, 1.807) is 17.0 Å². The summed E-state index contributed by atoms with van der Waals surface area (Å²) in [5.74, 6) is 0.211. The SMILES string of the molecule is CN1CCC(c2ccc(F)cc2)CC1=O. The van der Waals surface area contributed by atoms with E-state index in [-0.39, 0.29) is 17.6 Å². The lowest BCUT2D eigenvalue weighted by Gasteiger charge is -2.28. The molecule has 1 fully saturated rings. The Balaban J connectivity index is 2.12. The molecule has 1 aromatic carbocycles. The van der Waals surface area contributed by atoms with Crippen LogP contribution in [-0.2, 0) is 4.79 Å². The average Bonchev–Trinajstić information content (AvgIpc) is 2.23. The molecule has 0 spiro atoms. The van der Waals surface area contributed by atoms with Crippen LogP contribution in [0.2, 0.25) is 0 Å². The molecule has 1 saturated heterocycles. The Morgan fingerprint density at radius 3 is 2.60 bits per heavy atom. The molecular weight excluding hydrogens is 193 g/mol. The van der Waals surface area contributed by atoms with Gasteiger partial charge in [-0.15, -0.1) is 0 Å². The fraction of sp³-hybridized carbons (Fsp3) is 0.417. The van der Waals surface area contributed by atoms with Crippen molar-refractivity contribution in [2.45, 2.75) is 18.8 Å². The lowest BCUT2D eigenvalue weighted by molar-refractivity contribution is -0.132. The maximum atomic E-state index is 12.7. The Bertz CT molecular complexity index is 360. The minimum atomic E-state index is -0.224. The number of benzene rings is 1. The molecule has 1 atom stereocenters. The summed E-state index contributed by atoms with van der Waals surface area (Å²) >= 11 is 0. The van der Waals surface area contributed by atoms with Gasteiger partial charge in [0, 0.05) is 20.0 Å². The second-order valence-corrected chi connectivity index (χ2v) is 4.06. The summed E-state index contributed by atoms with van der Waals surface area (Å²) < 4.78 is 12.7. The summed E-state index contributed by atoms with van der Waals surface area (Å²) in [5.41, 5.74) is 1.07. The number of hydrogen-bond acceptors (Lipinski definition) is 1. The monoisotopic (exact) mass is 207 g/mol. The van der Waals surface area contributed by atoms with E-state index in [9.17, 15) is 9.18 Å². The average molecular weight is 207 g/mol. The first-order chi connectivity index (χ1) is 7.16. The van der Waals surface area contributed by atoms with Crippen LogP contribution in [0, 0.1) is 5.82 Å². The number of nitrogens with zero attached hydrogens (tertiary/aromatic N) is 1. The van der Waals surface area contributed by atoms with E-state index in [1.807, 2.05) is 7.05 Å². The summed E-state index contributed by atoms with van der Waals surface area (Å²) in [6.07, 6.45) is 1.51. The first-order valence-corrected chi connectivity index (χ1v) is 5.16. The van der Waals surface area contributed by atoms with Gasteiger partial charge in [0.1, 0.15) is 5.82 Å². The van der Waals surface area contributed by atoms with Gasteiger partial charge >= 0.3 is 0 Å². The van der Waals surface area contributed by atoms with Crippen LogP contribution in [-0.4, -0.2) is 24.4 Å². The van der Waals surface area contributed by atoms with Crippen molar-refractivity contribution in [2.75, 3.05) is 13.6 Å². The topological polar surface area (TPSA) is 20.3 Å². The number of hydrogen-bond donors (Lipinski definition) is 0. The molecule has 0 radical (unpaired) electrons. The smallest absolute Gasteiger partial charge is 0.222 e. The first kappa shape index (κ1) is 10.1. The van der Waals surface area contributed by atoms with Gasteiger partial charge < -0.3 is 4.90 Å². The number of rotatable bonds is 1. The van der Waals surface area contributed by atoms with Gasteiger partial charge in [0.15, 0.2) is 0 Å². The fourth-order valence-corrected chi connectivity index (χ4v) is 1.96. The summed E-state index contributed by atoms with van der Waals surface area (Å²) in [6, 6.07) is 6.47. The number of amides is 1. The predicted molar refractivity (Wildman–Crippen MR) is 56.0 cm³/mol. The van der Waals surface area contributed by atoms with Crippen molar-refractivity contribution in [3.05, 3.63) is 35.6 Å². The molecule has 1 aromatic rings. The van der Waals surface area contributed by atoms with Crippen LogP contribution in [0.15, 0.2) is 24.3 Å². The third kappa shape index (κ3) is 2.17. The quantitative estimate of drug-likeness (QED) is 0.691. The number of piperidine rings is 1. The third-order valence-electron chi connectivity index (χ3n) is 3.00. The van der Waals surface area contributed by atoms with Gasteiger partial charge in [-0.1, -0.05) is 12.1 Å². The van der Waals surface area contributed by atoms with Gasteiger partial charge in [-0.25, -0.2) is 4.39 Å². The molecular formula is C12H14FNO. The van der Waals surface area contributed by atoms with E-state index in [0.29, 0.717) is 6.42 Å². The molecule has 1 amide bonds. The minimum Gasteiger partial charge on any atom is -0.346 e. The Kier molecular flexibility index (Phi) is 2.71. The summed E-state index contributed by atoms with van der Waals surface area (Å²) in [5, 5.41) is 0. The van der Waals surface area contributed by atoms with Gasteiger partial charge in [-0.3, -0.25) is 4.79 Å². The van der Waals surface area contributed by atoms with Crippen molar-refractivity contribution in [3.8, 4) is 0 Å². The van der Waals surface area contributed by atoms with Crippen LogP contribution < -0.4 is 0 Å². The van der Waals surface area contributed by atoms with Crippen molar-refractivity contribution in [3.63, 3.8) is 0 Å². The van der Waals surface area contributed by atoms with Crippen molar-refractivity contribution < 1.29 is 9.18 Å². The second-order valence-electron chi connectivity index (χ2n) is 4.06. The van der Waals surface area contributed by atoms with Crippen molar-refractivity contribution in [1.29, 1.82) is 0 Å². The molecule has 0 bridgehead atoms. The number of likely N-dealkylation sites (tertiary alicyclic amines) is 1. The summed E-state index contributed by atoms with van der Waals surface area (Å²) in [7, 11) is 1.82. The molecule has 80 valence electrons. The highest BCUT2D eigenvalue weighted by Gasteiger charge is 2.24. The maximum Gasteiger partial charge on any atom is 0.222 e. The minimum absolute atomic E-state index is 0.176. The fourth-order valence-electron chi connectivity index (χ4n) is 1.96. The van der Waals surface area contributed by atoms with Gasteiger partial charge in [0.25, 0.3) is 0 Å². The molecule has 0 aliphatic carbocycles. The zero-order chi connectivity index (χ0) is 10.8. The molecule has 0 aromatic heterocycles. The Hall–Kier alpha value is -1.38. The molecule has 2 rings (SSSR count). The molecule has 1 heterocycles. The largest absolute Gasteiger partial charge is 0.346 e.